The number of hydrogen-bond donors (Lipinski definition) is 4. The number of alkyl halides is 3. The molecule has 1 aliphatic rings. The van der Waals surface area contributed by atoms with Crippen LogP contribution in [0.15, 0.2) is 78.5 Å². The Balaban J connectivity index is 1.64. The van der Waals surface area contributed by atoms with E-state index in [0.717, 1.165) is 24.9 Å². The molecule has 0 bridgehead atoms. The number of hydrogen-bond acceptors (Lipinski definition) is 6. The summed E-state index contributed by atoms with van der Waals surface area (Å²) in [5, 5.41) is 24.8. The Labute approximate surface area is 234 Å². The van der Waals surface area contributed by atoms with Gasteiger partial charge in [0.2, 0.25) is 0 Å². The molecule has 0 aromatic heterocycles. The van der Waals surface area contributed by atoms with Crippen LogP contribution in [0.25, 0.3) is 0 Å². The second kappa shape index (κ2) is 12.7. The van der Waals surface area contributed by atoms with Crippen LogP contribution in [-0.2, 0) is 4.79 Å². The molecule has 1 atom stereocenters. The highest BCUT2D eigenvalue weighted by Gasteiger charge is 2.34. The summed E-state index contributed by atoms with van der Waals surface area (Å²) >= 11 is 0. The summed E-state index contributed by atoms with van der Waals surface area (Å²) in [4.78, 5) is 13.2. The molecule has 212 valence electrons. The smallest absolute Gasteiger partial charge is 0.432 e. The molecule has 11 heteroatoms. The standard InChI is InChI=1S/C30H27F4N5O2/c1-41-23-10-7-20(8-11-23)28(37-17-18-5-6-18)21-9-12-24(31)25(14-21)39-29(40)26(15-27(36)30(32,33)34)38-22-4-2-3-19(13-22)16-35/h2-4,7-15,18,28,36-38H,5-6,17H2,1H3,(H,39,40)/b26-15-,36-27?. The molecule has 1 saturated carbocycles. The molecule has 0 heterocycles. The molecule has 1 amide bonds. The fourth-order valence-corrected chi connectivity index (χ4v) is 4.05. The molecule has 0 saturated heterocycles. The van der Waals surface area contributed by atoms with Crippen LogP contribution in [-0.4, -0.2) is 31.4 Å². The molecule has 1 aliphatic carbocycles. The molecule has 3 aromatic carbocycles. The van der Waals surface area contributed by atoms with Crippen molar-refractivity contribution in [2.45, 2.75) is 25.1 Å². The number of nitrogens with one attached hydrogen (secondary N) is 4. The average molecular weight is 566 g/mol. The van der Waals surface area contributed by atoms with Crippen molar-refractivity contribution in [1.82, 2.24) is 5.32 Å². The summed E-state index contributed by atoms with van der Waals surface area (Å²) < 4.78 is 59.6. The van der Waals surface area contributed by atoms with Crippen LogP contribution in [0, 0.1) is 28.5 Å². The molecule has 41 heavy (non-hydrogen) atoms. The number of methoxy groups -OCH3 is 1. The summed E-state index contributed by atoms with van der Waals surface area (Å²) in [6.45, 7) is 0.730. The third-order valence-corrected chi connectivity index (χ3v) is 6.44. The molecular weight excluding hydrogens is 538 g/mol. The van der Waals surface area contributed by atoms with E-state index in [1.165, 1.54) is 36.4 Å². The summed E-state index contributed by atoms with van der Waals surface area (Å²) in [6, 6.07) is 18.7. The van der Waals surface area contributed by atoms with E-state index < -0.39 is 29.3 Å². The van der Waals surface area contributed by atoms with Gasteiger partial charge >= 0.3 is 6.18 Å². The van der Waals surface area contributed by atoms with Crippen molar-refractivity contribution >= 4 is 23.0 Å². The highest BCUT2D eigenvalue weighted by Crippen LogP contribution is 2.32. The van der Waals surface area contributed by atoms with E-state index in [1.54, 1.807) is 25.3 Å². The van der Waals surface area contributed by atoms with E-state index in [4.69, 9.17) is 15.4 Å². The largest absolute Gasteiger partial charge is 0.497 e. The van der Waals surface area contributed by atoms with Gasteiger partial charge in [-0.1, -0.05) is 24.3 Å². The number of carbonyl (C=O) groups is 1. The molecular formula is C30H27F4N5O2. The molecule has 0 spiro atoms. The van der Waals surface area contributed by atoms with Crippen molar-refractivity contribution in [1.29, 1.82) is 10.7 Å². The summed E-state index contributed by atoms with van der Waals surface area (Å²) in [7, 11) is 1.56. The van der Waals surface area contributed by atoms with Crippen LogP contribution in [0.1, 0.15) is 35.6 Å². The van der Waals surface area contributed by atoms with Crippen LogP contribution in [0.5, 0.6) is 5.75 Å². The Morgan fingerprint density at radius 1 is 1.10 bits per heavy atom. The van der Waals surface area contributed by atoms with Gasteiger partial charge < -0.3 is 20.7 Å². The van der Waals surface area contributed by atoms with Gasteiger partial charge in [0.1, 0.15) is 23.0 Å². The van der Waals surface area contributed by atoms with Gasteiger partial charge in [0.25, 0.3) is 5.91 Å². The zero-order chi connectivity index (χ0) is 29.6. The number of anilines is 2. The van der Waals surface area contributed by atoms with Crippen LogP contribution in [0.2, 0.25) is 0 Å². The number of benzene rings is 3. The number of amides is 1. The first-order valence-electron chi connectivity index (χ1n) is 12.7. The summed E-state index contributed by atoms with van der Waals surface area (Å²) in [6.07, 6.45) is -2.49. The maximum Gasteiger partial charge on any atom is 0.432 e. The molecule has 1 fully saturated rings. The van der Waals surface area contributed by atoms with Crippen molar-refractivity contribution in [3.8, 4) is 11.8 Å². The normalized spacial score (nSPS) is 14.1. The van der Waals surface area contributed by atoms with Crippen molar-refractivity contribution in [3.05, 3.63) is 101 Å². The third-order valence-electron chi connectivity index (χ3n) is 6.44. The van der Waals surface area contributed by atoms with E-state index in [1.807, 2.05) is 18.2 Å². The first-order valence-corrected chi connectivity index (χ1v) is 12.7. The lowest BCUT2D eigenvalue weighted by atomic mass is 9.97. The maximum atomic E-state index is 14.9. The summed E-state index contributed by atoms with van der Waals surface area (Å²) in [5.74, 6) is -0.699. The van der Waals surface area contributed by atoms with Crippen molar-refractivity contribution in [2.75, 3.05) is 24.3 Å². The highest BCUT2D eigenvalue weighted by atomic mass is 19.4. The van der Waals surface area contributed by atoms with Crippen LogP contribution < -0.4 is 20.7 Å². The predicted octanol–water partition coefficient (Wildman–Crippen LogP) is 6.31. The van der Waals surface area contributed by atoms with E-state index in [0.29, 0.717) is 23.3 Å². The zero-order valence-electron chi connectivity index (χ0n) is 22.0. The van der Waals surface area contributed by atoms with Gasteiger partial charge in [0, 0.05) is 5.69 Å². The molecule has 4 N–H and O–H groups in total. The van der Waals surface area contributed by atoms with Crippen LogP contribution >= 0.6 is 0 Å². The van der Waals surface area contributed by atoms with Crippen molar-refractivity contribution < 1.29 is 27.1 Å². The van der Waals surface area contributed by atoms with E-state index >= 15 is 0 Å². The fourth-order valence-electron chi connectivity index (χ4n) is 4.05. The number of carbonyl (C=O) groups excluding carboxylic acids is 1. The lowest BCUT2D eigenvalue weighted by Crippen LogP contribution is -2.26. The molecule has 3 aromatic rings. The van der Waals surface area contributed by atoms with E-state index in [9.17, 15) is 22.4 Å². The van der Waals surface area contributed by atoms with E-state index in [2.05, 4.69) is 16.0 Å². The lowest BCUT2D eigenvalue weighted by molar-refractivity contribution is -0.112. The molecule has 0 radical (unpaired) electrons. The molecule has 0 aliphatic heterocycles. The quantitative estimate of drug-likeness (QED) is 0.124. The van der Waals surface area contributed by atoms with Crippen LogP contribution in [0.4, 0.5) is 28.9 Å². The number of halogens is 4. The first-order chi connectivity index (χ1) is 19.6. The fraction of sp³-hybridized carbons (Fsp3) is 0.233. The topological polar surface area (TPSA) is 110 Å². The van der Waals surface area contributed by atoms with Crippen molar-refractivity contribution in [2.24, 2.45) is 5.92 Å². The highest BCUT2D eigenvalue weighted by molar-refractivity contribution is 6.11. The van der Waals surface area contributed by atoms with Crippen LogP contribution in [0.3, 0.4) is 0 Å². The minimum Gasteiger partial charge on any atom is -0.497 e. The number of nitrogens with zero attached hydrogens (tertiary/aromatic N) is 1. The number of allylic oxidation sites excluding steroid dienone is 1. The van der Waals surface area contributed by atoms with Gasteiger partial charge in [-0.15, -0.1) is 0 Å². The SMILES string of the molecule is COc1ccc(C(NCC2CC2)c2ccc(F)c(NC(=O)/C(=C/C(=N)C(F)(F)F)Nc3cccc(C#N)c3)c2)cc1. The Kier molecular flexibility index (Phi) is 9.04. The second-order valence-corrected chi connectivity index (χ2v) is 9.54. The molecule has 1 unspecified atom stereocenters. The summed E-state index contributed by atoms with van der Waals surface area (Å²) in [5.41, 5.74) is -0.878. The molecule has 7 nitrogen and oxygen atoms in total. The van der Waals surface area contributed by atoms with Crippen molar-refractivity contribution in [3.63, 3.8) is 0 Å². The zero-order valence-corrected chi connectivity index (χ0v) is 22.0. The van der Waals surface area contributed by atoms with E-state index in [-0.39, 0.29) is 23.0 Å². The van der Waals surface area contributed by atoms with Gasteiger partial charge in [0.05, 0.1) is 30.5 Å². The van der Waals surface area contributed by atoms with Gasteiger partial charge in [-0.2, -0.15) is 18.4 Å². The Hall–Kier alpha value is -4.69. The predicted molar refractivity (Wildman–Crippen MR) is 147 cm³/mol. The number of ether oxygens (including phenoxy) is 1. The maximum absolute atomic E-state index is 14.9. The average Bonchev–Trinajstić information content (AvgIpc) is 3.79. The number of nitriles is 1. The van der Waals surface area contributed by atoms with Gasteiger partial charge in [-0.3, -0.25) is 10.2 Å². The second-order valence-electron chi connectivity index (χ2n) is 9.54. The van der Waals surface area contributed by atoms with Gasteiger partial charge in [-0.05, 0) is 85.0 Å². The molecule has 4 rings (SSSR count). The van der Waals surface area contributed by atoms with Gasteiger partial charge in [0.15, 0.2) is 0 Å². The first kappa shape index (κ1) is 29.3. The Bertz CT molecular complexity index is 1490. The minimum atomic E-state index is -5.02. The third kappa shape index (κ3) is 7.93. The lowest BCUT2D eigenvalue weighted by Gasteiger charge is -2.21. The van der Waals surface area contributed by atoms with Gasteiger partial charge in [-0.25, -0.2) is 4.39 Å². The number of rotatable bonds is 11. The Morgan fingerprint density at radius 2 is 1.80 bits per heavy atom. The minimum absolute atomic E-state index is 0.137. The monoisotopic (exact) mass is 565 g/mol. The Morgan fingerprint density at radius 3 is 2.44 bits per heavy atom.